The SMILES string of the molecule is CN=C(N)Nc1cc(C[C@H](/C=C/C(=O)CCc2ccc(O)c(OC)c2)C(C)C)cc(O[C@]2(CNC)CC[C@@H](CCC(=O)O)C2)c1O. The monoisotopic (exact) mass is 638 g/mol. The molecule has 1 saturated carbocycles. The van der Waals surface area contributed by atoms with Gasteiger partial charge in [0.1, 0.15) is 5.60 Å². The van der Waals surface area contributed by atoms with E-state index in [2.05, 4.69) is 29.5 Å². The number of phenols is 2. The molecule has 11 nitrogen and oxygen atoms in total. The van der Waals surface area contributed by atoms with Crippen LogP contribution in [0.5, 0.6) is 23.0 Å². The molecule has 3 rings (SSSR count). The summed E-state index contributed by atoms with van der Waals surface area (Å²) in [6.45, 7) is 4.73. The molecule has 1 aliphatic carbocycles. The highest BCUT2D eigenvalue weighted by atomic mass is 16.5. The number of phenolic OH excluding ortho intramolecular Hbond substituents is 2. The van der Waals surface area contributed by atoms with Gasteiger partial charge in [0.05, 0.1) is 12.8 Å². The van der Waals surface area contributed by atoms with Crippen molar-refractivity contribution in [2.45, 2.75) is 70.8 Å². The topological polar surface area (TPSA) is 176 Å². The van der Waals surface area contributed by atoms with E-state index < -0.39 is 11.6 Å². The van der Waals surface area contributed by atoms with Crippen LogP contribution in [0.15, 0.2) is 47.5 Å². The number of hydrogen-bond acceptors (Lipinski definition) is 8. The van der Waals surface area contributed by atoms with Crippen molar-refractivity contribution < 1.29 is 34.4 Å². The fourth-order valence-electron chi connectivity index (χ4n) is 6.02. The third-order valence-electron chi connectivity index (χ3n) is 8.66. The van der Waals surface area contributed by atoms with Crippen LogP contribution in [0.2, 0.25) is 0 Å². The molecular weight excluding hydrogens is 588 g/mol. The van der Waals surface area contributed by atoms with Gasteiger partial charge in [-0.2, -0.15) is 0 Å². The average molecular weight is 639 g/mol. The number of carboxylic acids is 1. The number of ether oxygens (including phenoxy) is 2. The van der Waals surface area contributed by atoms with E-state index in [0.29, 0.717) is 55.8 Å². The lowest BCUT2D eigenvalue weighted by atomic mass is 9.88. The van der Waals surface area contributed by atoms with Gasteiger partial charge in [0.25, 0.3) is 0 Å². The molecule has 252 valence electrons. The number of aliphatic imine (C=N–C) groups is 1. The Morgan fingerprint density at radius 2 is 1.89 bits per heavy atom. The van der Waals surface area contributed by atoms with Gasteiger partial charge in [-0.1, -0.05) is 26.0 Å². The van der Waals surface area contributed by atoms with E-state index in [4.69, 9.17) is 15.2 Å². The van der Waals surface area contributed by atoms with E-state index in [9.17, 15) is 24.9 Å². The summed E-state index contributed by atoms with van der Waals surface area (Å²) < 4.78 is 11.8. The predicted octanol–water partition coefficient (Wildman–Crippen LogP) is 5.04. The third-order valence-corrected chi connectivity index (χ3v) is 8.66. The first-order chi connectivity index (χ1) is 21.9. The highest BCUT2D eigenvalue weighted by molar-refractivity contribution is 5.94. The lowest BCUT2D eigenvalue weighted by Gasteiger charge is -2.32. The summed E-state index contributed by atoms with van der Waals surface area (Å²) in [6.07, 6.45) is 7.92. The number of carbonyl (C=O) groups is 2. The maximum Gasteiger partial charge on any atom is 0.303 e. The number of aryl methyl sites for hydroxylation is 1. The molecule has 0 amide bonds. The first kappa shape index (κ1) is 36.2. The fourth-order valence-corrected chi connectivity index (χ4v) is 6.02. The number of nitrogens with zero attached hydrogens (tertiary/aromatic N) is 1. The molecule has 3 atom stereocenters. The van der Waals surface area contributed by atoms with Gasteiger partial charge in [0.2, 0.25) is 0 Å². The highest BCUT2D eigenvalue weighted by Gasteiger charge is 2.41. The van der Waals surface area contributed by atoms with E-state index in [1.165, 1.54) is 7.11 Å². The largest absolute Gasteiger partial charge is 0.504 e. The first-order valence-electron chi connectivity index (χ1n) is 15.9. The molecule has 0 bridgehead atoms. The van der Waals surface area contributed by atoms with Gasteiger partial charge < -0.3 is 41.2 Å². The van der Waals surface area contributed by atoms with E-state index in [1.54, 1.807) is 31.3 Å². The lowest BCUT2D eigenvalue weighted by molar-refractivity contribution is -0.137. The summed E-state index contributed by atoms with van der Waals surface area (Å²) in [6, 6.07) is 8.73. The number of nitrogens with two attached hydrogens (primary N) is 1. The zero-order valence-electron chi connectivity index (χ0n) is 27.6. The Morgan fingerprint density at radius 1 is 1.15 bits per heavy atom. The number of allylic oxidation sites excluding steroid dienone is 2. The smallest absolute Gasteiger partial charge is 0.303 e. The average Bonchev–Trinajstić information content (AvgIpc) is 3.42. The van der Waals surface area contributed by atoms with E-state index >= 15 is 0 Å². The minimum atomic E-state index is -0.809. The van der Waals surface area contributed by atoms with Crippen molar-refractivity contribution in [2.24, 2.45) is 28.5 Å². The molecule has 0 unspecified atom stereocenters. The minimum absolute atomic E-state index is 0.00519. The second-order valence-electron chi connectivity index (χ2n) is 12.5. The molecule has 7 N–H and O–H groups in total. The van der Waals surface area contributed by atoms with Crippen LogP contribution < -0.4 is 25.8 Å². The van der Waals surface area contributed by atoms with Crippen molar-refractivity contribution in [3.05, 3.63) is 53.6 Å². The molecule has 0 aliphatic heterocycles. The van der Waals surface area contributed by atoms with Gasteiger partial charge in [-0.05, 0) is 105 Å². The Hall–Kier alpha value is -4.25. The summed E-state index contributed by atoms with van der Waals surface area (Å²) in [4.78, 5) is 28.0. The second-order valence-corrected chi connectivity index (χ2v) is 12.5. The van der Waals surface area contributed by atoms with E-state index in [1.807, 2.05) is 25.3 Å². The molecule has 0 saturated heterocycles. The van der Waals surface area contributed by atoms with Crippen LogP contribution in [0.4, 0.5) is 5.69 Å². The number of aromatic hydroxyl groups is 2. The maximum absolute atomic E-state index is 12.8. The third kappa shape index (κ3) is 10.4. The van der Waals surface area contributed by atoms with Crippen molar-refractivity contribution >= 4 is 23.4 Å². The molecule has 0 aromatic heterocycles. The molecule has 2 aromatic rings. The Morgan fingerprint density at radius 3 is 2.54 bits per heavy atom. The molecule has 0 spiro atoms. The Labute approximate surface area is 271 Å². The number of hydrogen-bond donors (Lipinski definition) is 6. The highest BCUT2D eigenvalue weighted by Crippen LogP contribution is 2.44. The molecule has 1 aliphatic rings. The number of carbonyl (C=O) groups excluding carboxylic acids is 1. The van der Waals surface area contributed by atoms with Crippen LogP contribution in [0.1, 0.15) is 63.5 Å². The zero-order chi connectivity index (χ0) is 33.9. The summed E-state index contributed by atoms with van der Waals surface area (Å²) in [5.74, 6) is 0.411. The number of nitrogens with one attached hydrogen (secondary N) is 2. The fraction of sp³-hybridized carbons (Fsp3) is 0.514. The maximum atomic E-state index is 12.8. The molecule has 0 heterocycles. The number of benzene rings is 2. The van der Waals surface area contributed by atoms with Crippen molar-refractivity contribution in [1.82, 2.24) is 5.32 Å². The lowest BCUT2D eigenvalue weighted by Crippen LogP contribution is -2.42. The quantitative estimate of drug-likeness (QED) is 0.0596. The second kappa shape index (κ2) is 16.9. The number of rotatable bonds is 17. The first-order valence-corrected chi connectivity index (χ1v) is 15.9. The summed E-state index contributed by atoms with van der Waals surface area (Å²) in [5.41, 5.74) is 7.50. The number of methoxy groups -OCH3 is 1. The van der Waals surface area contributed by atoms with Crippen molar-refractivity contribution in [1.29, 1.82) is 0 Å². The number of likely N-dealkylation sites (N-methyl/N-ethyl adjacent to an activating group) is 1. The standard InChI is InChI=1S/C35H50N4O7/c1-22(2)26(9-11-27(40)10-6-23-7-12-29(41)30(18-23)45-5)16-25-17-28(39-34(36)38-4)33(44)31(19-25)46-35(21-37-3)15-14-24(20-35)8-13-32(42)43/h7,9,11-12,17-19,22,24,26,37,41,44H,6,8,10,13-16,20-21H2,1-5H3,(H,42,43)(H3,36,38,39)/b11-9+/t24-,26+,35-/m1/s1. The molecular formula is C35H50N4O7. The summed E-state index contributed by atoms with van der Waals surface area (Å²) in [7, 11) is 4.88. The minimum Gasteiger partial charge on any atom is -0.504 e. The van der Waals surface area contributed by atoms with Gasteiger partial charge in [-0.3, -0.25) is 14.6 Å². The van der Waals surface area contributed by atoms with Gasteiger partial charge in [-0.15, -0.1) is 0 Å². The Kier molecular flexibility index (Phi) is 13.3. The van der Waals surface area contributed by atoms with Crippen LogP contribution in [-0.4, -0.2) is 66.4 Å². The van der Waals surface area contributed by atoms with Crippen molar-refractivity contribution in [2.75, 3.05) is 33.1 Å². The van der Waals surface area contributed by atoms with Crippen molar-refractivity contribution in [3.8, 4) is 23.0 Å². The molecule has 1 fully saturated rings. The normalized spacial score (nSPS) is 19.0. The van der Waals surface area contributed by atoms with Gasteiger partial charge >= 0.3 is 5.97 Å². The number of carboxylic acid groups (broad SMARTS) is 1. The van der Waals surface area contributed by atoms with Crippen LogP contribution >= 0.6 is 0 Å². The van der Waals surface area contributed by atoms with Gasteiger partial charge in [-0.25, -0.2) is 0 Å². The molecule has 0 radical (unpaired) electrons. The van der Waals surface area contributed by atoms with E-state index in [0.717, 1.165) is 24.0 Å². The van der Waals surface area contributed by atoms with Crippen LogP contribution in [0.3, 0.4) is 0 Å². The number of aliphatic carboxylic acids is 1. The summed E-state index contributed by atoms with van der Waals surface area (Å²) in [5, 5.41) is 36.5. The van der Waals surface area contributed by atoms with Crippen LogP contribution in [0.25, 0.3) is 0 Å². The summed E-state index contributed by atoms with van der Waals surface area (Å²) >= 11 is 0. The number of anilines is 1. The van der Waals surface area contributed by atoms with Gasteiger partial charge in [0, 0.05) is 26.4 Å². The number of guanidine groups is 1. The zero-order valence-corrected chi connectivity index (χ0v) is 27.6. The molecule has 46 heavy (non-hydrogen) atoms. The van der Waals surface area contributed by atoms with Crippen LogP contribution in [-0.2, 0) is 22.4 Å². The Bertz CT molecular complexity index is 1410. The van der Waals surface area contributed by atoms with E-state index in [-0.39, 0.29) is 47.4 Å². The Balaban J connectivity index is 1.82. The number of ketones is 1. The molecule has 2 aromatic carbocycles. The van der Waals surface area contributed by atoms with Crippen molar-refractivity contribution in [3.63, 3.8) is 0 Å². The predicted molar refractivity (Wildman–Crippen MR) is 180 cm³/mol. The molecule has 11 heteroatoms. The van der Waals surface area contributed by atoms with Gasteiger partial charge in [0.15, 0.2) is 34.7 Å². The van der Waals surface area contributed by atoms with Crippen LogP contribution in [0, 0.1) is 17.8 Å².